The molecule has 0 unspecified atom stereocenters. The Labute approximate surface area is 65.8 Å². The molecule has 0 atom stereocenters. The monoisotopic (exact) mass is 188 g/mol. The molecule has 52 valence electrons. The van der Waals surface area contributed by atoms with Gasteiger partial charge in [-0.25, -0.2) is 0 Å². The largest absolute Gasteiger partial charge is 0.0819 e. The van der Waals surface area contributed by atoms with Crippen molar-refractivity contribution in [3.05, 3.63) is 22.7 Å². The van der Waals surface area contributed by atoms with Crippen molar-refractivity contribution in [1.82, 2.24) is 0 Å². The topological polar surface area (TPSA) is 0 Å². The molecular weight excluding hydrogens is 176 g/mol. The third kappa shape index (κ3) is 7.96. The average Bonchev–Trinajstić information content (AvgIpc) is 1.63. The van der Waals surface area contributed by atoms with Gasteiger partial charge in [-0.15, -0.1) is 0 Å². The van der Waals surface area contributed by atoms with E-state index in [0.717, 1.165) is 0 Å². The molecule has 9 heavy (non-hydrogen) atoms. The Morgan fingerprint density at radius 3 is 2.33 bits per heavy atom. The molecule has 0 saturated carbocycles. The van der Waals surface area contributed by atoms with Gasteiger partial charge >= 0.3 is 0 Å². The Morgan fingerprint density at radius 2 is 2.00 bits per heavy atom. The van der Waals surface area contributed by atoms with Crippen LogP contribution in [-0.2, 0) is 0 Å². The van der Waals surface area contributed by atoms with Crippen molar-refractivity contribution in [3.63, 3.8) is 0 Å². The van der Waals surface area contributed by atoms with Crippen molar-refractivity contribution in [2.75, 3.05) is 0 Å². The third-order valence-corrected chi connectivity index (χ3v) is 1.09. The van der Waals surface area contributed by atoms with E-state index >= 15 is 0 Å². The highest BCUT2D eigenvalue weighted by Crippen LogP contribution is 2.02. The second-order valence-electron chi connectivity index (χ2n) is 2.38. The highest BCUT2D eigenvalue weighted by atomic mass is 79.9. The summed E-state index contributed by atoms with van der Waals surface area (Å²) in [5, 5.41) is 0. The number of hydrogen-bond acceptors (Lipinski definition) is 0. The van der Waals surface area contributed by atoms with Gasteiger partial charge in [-0.05, 0) is 17.3 Å². The van der Waals surface area contributed by atoms with E-state index in [-0.39, 0.29) is 0 Å². The lowest BCUT2D eigenvalue weighted by Gasteiger charge is -1.89. The molecule has 0 aliphatic rings. The molecule has 0 N–H and O–H groups in total. The van der Waals surface area contributed by atoms with Crippen molar-refractivity contribution >= 4 is 15.9 Å². The Morgan fingerprint density at radius 1 is 1.44 bits per heavy atom. The lowest BCUT2D eigenvalue weighted by Crippen LogP contribution is -1.74. The normalized spacial score (nSPS) is 13.7. The van der Waals surface area contributed by atoms with E-state index in [0.29, 0.717) is 5.92 Å². The Kier molecular flexibility index (Phi) is 4.78. The smallest absolute Gasteiger partial charge is 0.00805 e. The number of allylic oxidation sites excluding steroid dienone is 4. The van der Waals surface area contributed by atoms with Crippen molar-refractivity contribution in [2.45, 2.75) is 20.8 Å². The highest BCUT2D eigenvalue weighted by molar-refractivity contribution is 9.11. The maximum Gasteiger partial charge on any atom is -0.00805 e. The first kappa shape index (κ1) is 8.96. The molecule has 0 aliphatic carbocycles. The van der Waals surface area contributed by atoms with Crippen LogP contribution < -0.4 is 0 Å². The molecular formula is C8H13Br. The number of hydrogen-bond donors (Lipinski definition) is 0. The van der Waals surface area contributed by atoms with Gasteiger partial charge in [0.05, 0.1) is 0 Å². The summed E-state index contributed by atoms with van der Waals surface area (Å²) in [5.74, 6) is 0.646. The van der Waals surface area contributed by atoms with Crippen LogP contribution >= 0.6 is 15.9 Å². The van der Waals surface area contributed by atoms with E-state index in [1.807, 2.05) is 13.0 Å². The minimum Gasteiger partial charge on any atom is -0.0819 e. The van der Waals surface area contributed by atoms with Crippen molar-refractivity contribution in [2.24, 2.45) is 5.92 Å². The zero-order chi connectivity index (χ0) is 7.28. The number of rotatable bonds is 2. The molecule has 0 radical (unpaired) electrons. The van der Waals surface area contributed by atoms with Crippen molar-refractivity contribution in [3.8, 4) is 0 Å². The van der Waals surface area contributed by atoms with Crippen LogP contribution in [0.2, 0.25) is 0 Å². The van der Waals surface area contributed by atoms with E-state index in [1.54, 1.807) is 0 Å². The van der Waals surface area contributed by atoms with Gasteiger partial charge in [-0.3, -0.25) is 0 Å². The van der Waals surface area contributed by atoms with E-state index in [9.17, 15) is 0 Å². The fourth-order valence-electron chi connectivity index (χ4n) is 0.410. The van der Waals surface area contributed by atoms with Crippen molar-refractivity contribution < 1.29 is 0 Å². The fourth-order valence-corrected chi connectivity index (χ4v) is 0.563. The second kappa shape index (κ2) is 4.80. The van der Waals surface area contributed by atoms with E-state index in [2.05, 4.69) is 41.9 Å². The van der Waals surface area contributed by atoms with Gasteiger partial charge in [0.25, 0.3) is 0 Å². The van der Waals surface area contributed by atoms with Gasteiger partial charge in [0, 0.05) is 0 Å². The minimum absolute atomic E-state index is 0.646. The molecule has 0 spiro atoms. The van der Waals surface area contributed by atoms with Crippen LogP contribution in [0.5, 0.6) is 0 Å². The molecule has 0 aromatic carbocycles. The standard InChI is InChI=1S/C8H13Br/c1-7(2)5-4-6-8(3)9/h4-7H,1-3H3. The van der Waals surface area contributed by atoms with Gasteiger partial charge < -0.3 is 0 Å². The third-order valence-electron chi connectivity index (χ3n) is 0.822. The van der Waals surface area contributed by atoms with Crippen LogP contribution in [0.15, 0.2) is 22.7 Å². The lowest BCUT2D eigenvalue weighted by atomic mass is 10.2. The van der Waals surface area contributed by atoms with Crippen LogP contribution in [0.3, 0.4) is 0 Å². The van der Waals surface area contributed by atoms with E-state index < -0.39 is 0 Å². The summed E-state index contributed by atoms with van der Waals surface area (Å²) in [6, 6.07) is 0. The predicted octanol–water partition coefficient (Wildman–Crippen LogP) is 3.50. The summed E-state index contributed by atoms with van der Waals surface area (Å²) in [6.45, 7) is 6.34. The molecule has 0 amide bonds. The molecule has 0 saturated heterocycles. The van der Waals surface area contributed by atoms with Crippen LogP contribution in [0, 0.1) is 5.92 Å². The summed E-state index contributed by atoms with van der Waals surface area (Å²) >= 11 is 3.33. The summed E-state index contributed by atoms with van der Waals surface area (Å²) < 4.78 is 1.17. The Hall–Kier alpha value is -0.0400. The molecule has 0 rings (SSSR count). The zero-order valence-corrected chi connectivity index (χ0v) is 7.77. The molecule has 0 bridgehead atoms. The Bertz CT molecular complexity index is 117. The fraction of sp³-hybridized carbons (Fsp3) is 0.500. The summed E-state index contributed by atoms with van der Waals surface area (Å²) in [7, 11) is 0. The Balaban J connectivity index is 3.60. The summed E-state index contributed by atoms with van der Waals surface area (Å²) in [4.78, 5) is 0. The molecule has 0 aromatic heterocycles. The molecule has 0 fully saturated rings. The van der Waals surface area contributed by atoms with E-state index in [4.69, 9.17) is 0 Å². The van der Waals surface area contributed by atoms with E-state index in [1.165, 1.54) is 4.48 Å². The van der Waals surface area contributed by atoms with Gasteiger partial charge in [0.15, 0.2) is 0 Å². The molecule has 0 heterocycles. The van der Waals surface area contributed by atoms with Crippen LogP contribution in [0.1, 0.15) is 20.8 Å². The molecule has 0 aliphatic heterocycles. The first-order chi connectivity index (χ1) is 4.13. The SMILES string of the molecule is CC(Br)=CC=CC(C)C. The maximum absolute atomic E-state index is 3.33. The molecule has 1 heteroatoms. The zero-order valence-electron chi connectivity index (χ0n) is 6.19. The van der Waals surface area contributed by atoms with Gasteiger partial charge in [-0.2, -0.15) is 0 Å². The quantitative estimate of drug-likeness (QED) is 0.583. The maximum atomic E-state index is 3.33. The van der Waals surface area contributed by atoms with Crippen LogP contribution in [0.25, 0.3) is 0 Å². The molecule has 0 nitrogen and oxygen atoms in total. The number of halogens is 1. The van der Waals surface area contributed by atoms with Gasteiger partial charge in [0.2, 0.25) is 0 Å². The van der Waals surface area contributed by atoms with Crippen LogP contribution in [-0.4, -0.2) is 0 Å². The summed E-state index contributed by atoms with van der Waals surface area (Å²) in [6.07, 6.45) is 6.26. The first-order valence-corrected chi connectivity index (χ1v) is 3.93. The summed E-state index contributed by atoms with van der Waals surface area (Å²) in [5.41, 5.74) is 0. The second-order valence-corrected chi connectivity index (χ2v) is 3.63. The predicted molar refractivity (Wildman–Crippen MR) is 46.7 cm³/mol. The van der Waals surface area contributed by atoms with Crippen molar-refractivity contribution in [1.29, 1.82) is 0 Å². The van der Waals surface area contributed by atoms with Gasteiger partial charge in [0.1, 0.15) is 0 Å². The van der Waals surface area contributed by atoms with Crippen LogP contribution in [0.4, 0.5) is 0 Å². The first-order valence-electron chi connectivity index (χ1n) is 3.13. The minimum atomic E-state index is 0.646. The highest BCUT2D eigenvalue weighted by Gasteiger charge is 1.79. The average molecular weight is 189 g/mol. The molecule has 0 aromatic rings. The van der Waals surface area contributed by atoms with Gasteiger partial charge in [-0.1, -0.05) is 48.0 Å². The lowest BCUT2D eigenvalue weighted by molar-refractivity contribution is 0.832.